The Morgan fingerprint density at radius 2 is 2.06 bits per heavy atom. The van der Waals surface area contributed by atoms with Crippen molar-refractivity contribution in [2.75, 3.05) is 26.1 Å². The van der Waals surface area contributed by atoms with E-state index in [-0.39, 0.29) is 5.56 Å². The maximum Gasteiger partial charge on any atom is 0.335 e. The number of carboxylic acid groups (broad SMARTS) is 1. The molecular weight excluding hydrogens is 222 g/mol. The number of ether oxygens (including phenoxy) is 2. The average Bonchev–Trinajstić information content (AvgIpc) is 2.30. The van der Waals surface area contributed by atoms with Crippen LogP contribution in [0.4, 0.5) is 5.69 Å². The minimum atomic E-state index is -0.997. The first-order valence-electron chi connectivity index (χ1n) is 5.39. The average molecular weight is 239 g/mol. The molecule has 0 aliphatic carbocycles. The molecule has 0 aromatic heterocycles. The number of benzene rings is 1. The van der Waals surface area contributed by atoms with Gasteiger partial charge in [0.05, 0.1) is 17.9 Å². The van der Waals surface area contributed by atoms with Crippen LogP contribution in [0.2, 0.25) is 0 Å². The number of hydrogen-bond donors (Lipinski definition) is 2. The second-order valence-electron chi connectivity index (χ2n) is 3.61. The van der Waals surface area contributed by atoms with Crippen LogP contribution in [0.15, 0.2) is 18.2 Å². The number of aromatic carboxylic acids is 1. The Morgan fingerprint density at radius 3 is 2.65 bits per heavy atom. The number of carboxylic acids is 1. The van der Waals surface area contributed by atoms with Crippen molar-refractivity contribution in [1.29, 1.82) is 0 Å². The highest BCUT2D eigenvalue weighted by atomic mass is 16.5. The summed E-state index contributed by atoms with van der Waals surface area (Å²) in [6.07, 6.45) is 1.79. The third-order valence-electron chi connectivity index (χ3n) is 2.26. The van der Waals surface area contributed by atoms with Gasteiger partial charge in [0.25, 0.3) is 0 Å². The molecule has 1 aromatic carbocycles. The van der Waals surface area contributed by atoms with Crippen molar-refractivity contribution in [3.8, 4) is 5.75 Å². The van der Waals surface area contributed by atoms with Crippen molar-refractivity contribution in [2.45, 2.75) is 12.8 Å². The van der Waals surface area contributed by atoms with Gasteiger partial charge >= 0.3 is 5.97 Å². The molecule has 0 saturated carbocycles. The van der Waals surface area contributed by atoms with Gasteiger partial charge in [-0.15, -0.1) is 0 Å². The highest BCUT2D eigenvalue weighted by Gasteiger charge is 2.06. The number of nitrogen functional groups attached to an aromatic ring is 1. The van der Waals surface area contributed by atoms with Crippen LogP contribution in [0.3, 0.4) is 0 Å². The highest BCUT2D eigenvalue weighted by molar-refractivity contribution is 5.89. The van der Waals surface area contributed by atoms with Gasteiger partial charge in [0.2, 0.25) is 0 Å². The van der Waals surface area contributed by atoms with E-state index in [2.05, 4.69) is 0 Å². The normalized spacial score (nSPS) is 10.2. The maximum absolute atomic E-state index is 10.7. The molecule has 0 aliphatic rings. The fourth-order valence-electron chi connectivity index (χ4n) is 1.34. The van der Waals surface area contributed by atoms with Crippen LogP contribution < -0.4 is 10.5 Å². The molecule has 0 heterocycles. The summed E-state index contributed by atoms with van der Waals surface area (Å²) >= 11 is 0. The number of unbranched alkanes of at least 4 members (excludes halogenated alkanes) is 1. The van der Waals surface area contributed by atoms with E-state index in [1.807, 2.05) is 0 Å². The predicted octanol–water partition coefficient (Wildman–Crippen LogP) is 1.77. The molecule has 0 amide bonds. The lowest BCUT2D eigenvalue weighted by atomic mass is 10.2. The van der Waals surface area contributed by atoms with Crippen molar-refractivity contribution in [1.82, 2.24) is 0 Å². The third-order valence-corrected chi connectivity index (χ3v) is 2.26. The summed E-state index contributed by atoms with van der Waals surface area (Å²) in [6.45, 7) is 1.25. The maximum atomic E-state index is 10.7. The van der Waals surface area contributed by atoms with E-state index in [1.54, 1.807) is 13.2 Å². The first kappa shape index (κ1) is 13.3. The van der Waals surface area contributed by atoms with E-state index in [1.165, 1.54) is 12.1 Å². The number of carbonyl (C=O) groups is 1. The van der Waals surface area contributed by atoms with E-state index in [4.69, 9.17) is 20.3 Å². The first-order valence-corrected chi connectivity index (χ1v) is 5.39. The zero-order chi connectivity index (χ0) is 12.7. The number of rotatable bonds is 7. The summed E-state index contributed by atoms with van der Waals surface area (Å²) in [6, 6.07) is 4.45. The number of hydrogen-bond acceptors (Lipinski definition) is 4. The summed E-state index contributed by atoms with van der Waals surface area (Å²) in [7, 11) is 1.66. The molecular formula is C12H17NO4. The van der Waals surface area contributed by atoms with Crippen LogP contribution in [0.1, 0.15) is 23.2 Å². The number of nitrogens with two attached hydrogens (primary N) is 1. The van der Waals surface area contributed by atoms with Crippen LogP contribution in [-0.2, 0) is 4.74 Å². The lowest BCUT2D eigenvalue weighted by molar-refractivity contribution is 0.0697. The quantitative estimate of drug-likeness (QED) is 0.559. The fraction of sp³-hybridized carbons (Fsp3) is 0.417. The Kier molecular flexibility index (Phi) is 5.29. The lowest BCUT2D eigenvalue weighted by Gasteiger charge is -2.09. The molecule has 1 rings (SSSR count). The summed E-state index contributed by atoms with van der Waals surface area (Å²) in [5.41, 5.74) is 6.19. The van der Waals surface area contributed by atoms with E-state index in [0.29, 0.717) is 24.7 Å². The van der Waals surface area contributed by atoms with Gasteiger partial charge in [0.15, 0.2) is 0 Å². The minimum Gasteiger partial charge on any atom is -0.491 e. The van der Waals surface area contributed by atoms with E-state index >= 15 is 0 Å². The number of methoxy groups -OCH3 is 1. The second kappa shape index (κ2) is 6.75. The van der Waals surface area contributed by atoms with Gasteiger partial charge in [-0.3, -0.25) is 0 Å². The van der Waals surface area contributed by atoms with Gasteiger partial charge in [-0.25, -0.2) is 4.79 Å². The standard InChI is InChI=1S/C12H17NO4/c1-16-6-2-3-7-17-11-5-4-9(12(14)15)8-10(11)13/h4-5,8H,2-3,6-7,13H2,1H3,(H,14,15). The molecule has 1 aromatic rings. The largest absolute Gasteiger partial charge is 0.491 e. The van der Waals surface area contributed by atoms with E-state index in [0.717, 1.165) is 12.8 Å². The van der Waals surface area contributed by atoms with Gasteiger partial charge < -0.3 is 20.3 Å². The van der Waals surface area contributed by atoms with Crippen LogP contribution in [-0.4, -0.2) is 31.4 Å². The van der Waals surface area contributed by atoms with Crippen molar-refractivity contribution in [2.24, 2.45) is 0 Å². The molecule has 5 nitrogen and oxygen atoms in total. The summed E-state index contributed by atoms with van der Waals surface area (Å²) < 4.78 is 10.4. The Balaban J connectivity index is 2.46. The van der Waals surface area contributed by atoms with Gasteiger partial charge in [-0.1, -0.05) is 0 Å². The van der Waals surface area contributed by atoms with Crippen LogP contribution in [0.25, 0.3) is 0 Å². The summed E-state index contributed by atoms with van der Waals surface area (Å²) in [5, 5.41) is 8.76. The topological polar surface area (TPSA) is 81.8 Å². The molecule has 0 unspecified atom stereocenters. The highest BCUT2D eigenvalue weighted by Crippen LogP contribution is 2.22. The molecule has 17 heavy (non-hydrogen) atoms. The third kappa shape index (κ3) is 4.32. The van der Waals surface area contributed by atoms with E-state index < -0.39 is 5.97 Å². The van der Waals surface area contributed by atoms with Crippen molar-refractivity contribution >= 4 is 11.7 Å². The second-order valence-corrected chi connectivity index (χ2v) is 3.61. The Morgan fingerprint density at radius 1 is 1.35 bits per heavy atom. The molecule has 0 bridgehead atoms. The molecule has 94 valence electrons. The van der Waals surface area contributed by atoms with Gasteiger partial charge in [-0.05, 0) is 31.0 Å². The van der Waals surface area contributed by atoms with Gasteiger partial charge in [0.1, 0.15) is 5.75 Å². The monoisotopic (exact) mass is 239 g/mol. The van der Waals surface area contributed by atoms with Crippen LogP contribution in [0.5, 0.6) is 5.75 Å². The zero-order valence-corrected chi connectivity index (χ0v) is 9.81. The molecule has 0 spiro atoms. The molecule has 0 atom stereocenters. The SMILES string of the molecule is COCCCCOc1ccc(C(=O)O)cc1N. The van der Waals surface area contributed by atoms with E-state index in [9.17, 15) is 4.79 Å². The summed E-state index contributed by atoms with van der Waals surface area (Å²) in [5.74, 6) is -0.476. The van der Waals surface area contributed by atoms with Gasteiger partial charge in [-0.2, -0.15) is 0 Å². The molecule has 5 heteroatoms. The Labute approximate surface area is 100 Å². The smallest absolute Gasteiger partial charge is 0.335 e. The lowest BCUT2D eigenvalue weighted by Crippen LogP contribution is -2.03. The zero-order valence-electron chi connectivity index (χ0n) is 9.81. The molecule has 3 N–H and O–H groups in total. The van der Waals surface area contributed by atoms with Gasteiger partial charge in [0, 0.05) is 13.7 Å². The Hall–Kier alpha value is -1.75. The minimum absolute atomic E-state index is 0.161. The first-order chi connectivity index (χ1) is 8.15. The fourth-order valence-corrected chi connectivity index (χ4v) is 1.34. The van der Waals surface area contributed by atoms with Crippen molar-refractivity contribution in [3.05, 3.63) is 23.8 Å². The predicted molar refractivity (Wildman–Crippen MR) is 64.4 cm³/mol. The molecule has 0 radical (unpaired) electrons. The van der Waals surface area contributed by atoms with Crippen molar-refractivity contribution < 1.29 is 19.4 Å². The van der Waals surface area contributed by atoms with Crippen molar-refractivity contribution in [3.63, 3.8) is 0 Å². The van der Waals surface area contributed by atoms with Crippen LogP contribution in [0, 0.1) is 0 Å². The molecule has 0 saturated heterocycles. The Bertz CT molecular complexity index is 379. The summed E-state index contributed by atoms with van der Waals surface area (Å²) in [4.78, 5) is 10.7. The molecule has 0 aliphatic heterocycles. The molecule has 0 fully saturated rings. The number of anilines is 1. The van der Waals surface area contributed by atoms with Crippen LogP contribution >= 0.6 is 0 Å².